The fourth-order valence-corrected chi connectivity index (χ4v) is 2.25. The van der Waals surface area contributed by atoms with Gasteiger partial charge in [0.15, 0.2) is 0 Å². The van der Waals surface area contributed by atoms with Crippen LogP contribution in [-0.4, -0.2) is 0 Å². The topological polar surface area (TPSA) is 0 Å². The van der Waals surface area contributed by atoms with Gasteiger partial charge < -0.3 is 0 Å². The van der Waals surface area contributed by atoms with E-state index >= 15 is 0 Å². The molecule has 0 fully saturated rings. The molecule has 1 aliphatic carbocycles. The van der Waals surface area contributed by atoms with E-state index in [9.17, 15) is 0 Å². The second-order valence-electron chi connectivity index (χ2n) is 5.04. The molecule has 1 atom stereocenters. The highest BCUT2D eigenvalue weighted by Crippen LogP contribution is 2.43. The Labute approximate surface area is 88.1 Å². The number of hydrogen-bond donors (Lipinski definition) is 0. The molecule has 76 valence electrons. The highest BCUT2D eigenvalue weighted by molar-refractivity contribution is 5.42. The highest BCUT2D eigenvalue weighted by atomic mass is 14.4. The highest BCUT2D eigenvalue weighted by Gasteiger charge is 2.32. The summed E-state index contributed by atoms with van der Waals surface area (Å²) in [5.74, 6) is 3.46. The first-order chi connectivity index (χ1) is 6.50. The Morgan fingerprint density at radius 3 is 2.50 bits per heavy atom. The van der Waals surface area contributed by atoms with Crippen molar-refractivity contribution in [2.24, 2.45) is 11.3 Å². The molecule has 0 heteroatoms. The van der Waals surface area contributed by atoms with Gasteiger partial charge in [-0.15, -0.1) is 6.42 Å². The SMILES string of the molecule is C#CC1=C(/C=C\C)C(C(C)(C)C)CC1. The van der Waals surface area contributed by atoms with Gasteiger partial charge >= 0.3 is 0 Å². The fourth-order valence-electron chi connectivity index (χ4n) is 2.25. The van der Waals surface area contributed by atoms with Gasteiger partial charge in [-0.05, 0) is 36.7 Å². The van der Waals surface area contributed by atoms with E-state index in [1.54, 1.807) is 0 Å². The second kappa shape index (κ2) is 4.05. The van der Waals surface area contributed by atoms with Crippen molar-refractivity contribution in [2.45, 2.75) is 40.5 Å². The Bertz CT molecular complexity index is 302. The lowest BCUT2D eigenvalue weighted by Gasteiger charge is -2.28. The first-order valence-corrected chi connectivity index (χ1v) is 5.33. The van der Waals surface area contributed by atoms with Gasteiger partial charge in [0.05, 0.1) is 0 Å². The maximum atomic E-state index is 5.52. The minimum Gasteiger partial charge on any atom is -0.115 e. The summed E-state index contributed by atoms with van der Waals surface area (Å²) in [6.07, 6.45) is 12.1. The molecule has 1 aliphatic rings. The standard InChI is InChI=1S/C14H20/c1-6-8-12-11(7-2)9-10-13(12)14(3,4)5/h2,6,8,13H,9-10H2,1,3-5H3/b8-6-. The number of terminal acetylenes is 1. The normalized spacial score (nSPS) is 23.2. The molecule has 0 aromatic rings. The Balaban J connectivity index is 3.05. The van der Waals surface area contributed by atoms with Crippen LogP contribution in [0.4, 0.5) is 0 Å². The molecule has 0 radical (unpaired) electrons. The summed E-state index contributed by atoms with van der Waals surface area (Å²) in [5.41, 5.74) is 2.93. The molecule has 0 nitrogen and oxygen atoms in total. The van der Waals surface area contributed by atoms with Gasteiger partial charge in [0, 0.05) is 5.57 Å². The predicted octanol–water partition coefficient (Wildman–Crippen LogP) is 3.95. The summed E-state index contributed by atoms with van der Waals surface area (Å²) < 4.78 is 0. The van der Waals surface area contributed by atoms with Crippen molar-refractivity contribution in [3.05, 3.63) is 23.3 Å². The largest absolute Gasteiger partial charge is 0.115 e. The number of rotatable bonds is 1. The van der Waals surface area contributed by atoms with Crippen LogP contribution in [0.25, 0.3) is 0 Å². The van der Waals surface area contributed by atoms with Gasteiger partial charge in [-0.25, -0.2) is 0 Å². The zero-order chi connectivity index (χ0) is 10.8. The molecule has 14 heavy (non-hydrogen) atoms. The zero-order valence-corrected chi connectivity index (χ0v) is 9.72. The molecule has 0 aliphatic heterocycles. The van der Waals surface area contributed by atoms with Crippen molar-refractivity contribution >= 4 is 0 Å². The minimum atomic E-state index is 0.327. The lowest BCUT2D eigenvalue weighted by atomic mass is 9.76. The van der Waals surface area contributed by atoms with Crippen molar-refractivity contribution in [3.63, 3.8) is 0 Å². The molecule has 0 saturated heterocycles. The lowest BCUT2D eigenvalue weighted by Crippen LogP contribution is -2.19. The van der Waals surface area contributed by atoms with E-state index in [-0.39, 0.29) is 0 Å². The van der Waals surface area contributed by atoms with Gasteiger partial charge in [0.1, 0.15) is 0 Å². The quantitative estimate of drug-likeness (QED) is 0.547. The van der Waals surface area contributed by atoms with E-state index in [0.29, 0.717) is 11.3 Å². The second-order valence-corrected chi connectivity index (χ2v) is 5.04. The van der Waals surface area contributed by atoms with Crippen LogP contribution < -0.4 is 0 Å². The number of allylic oxidation sites excluding steroid dienone is 4. The average Bonchev–Trinajstić information content (AvgIpc) is 2.47. The van der Waals surface area contributed by atoms with Gasteiger partial charge in [-0.1, -0.05) is 38.8 Å². The van der Waals surface area contributed by atoms with Crippen LogP contribution in [0.1, 0.15) is 40.5 Å². The third-order valence-corrected chi connectivity index (χ3v) is 2.97. The fraction of sp³-hybridized carbons (Fsp3) is 0.571. The maximum absolute atomic E-state index is 5.52. The summed E-state index contributed by atoms with van der Waals surface area (Å²) in [6.45, 7) is 8.93. The molecule has 0 amide bonds. The van der Waals surface area contributed by atoms with Crippen LogP contribution in [0.3, 0.4) is 0 Å². The molecule has 0 aromatic carbocycles. The van der Waals surface area contributed by atoms with Gasteiger partial charge in [-0.3, -0.25) is 0 Å². The summed E-state index contributed by atoms with van der Waals surface area (Å²) in [4.78, 5) is 0. The first kappa shape index (κ1) is 11.1. The zero-order valence-electron chi connectivity index (χ0n) is 9.72. The maximum Gasteiger partial charge on any atom is 0.00527 e. The molecule has 1 unspecified atom stereocenters. The summed E-state index contributed by atoms with van der Waals surface area (Å²) >= 11 is 0. The van der Waals surface area contributed by atoms with E-state index in [2.05, 4.69) is 45.8 Å². The van der Waals surface area contributed by atoms with Crippen LogP contribution in [0.15, 0.2) is 23.3 Å². The van der Waals surface area contributed by atoms with Gasteiger partial charge in [0.2, 0.25) is 0 Å². The Kier molecular flexibility index (Phi) is 3.21. The van der Waals surface area contributed by atoms with Gasteiger partial charge in [-0.2, -0.15) is 0 Å². The lowest BCUT2D eigenvalue weighted by molar-refractivity contribution is 0.281. The predicted molar refractivity (Wildman–Crippen MR) is 62.9 cm³/mol. The van der Waals surface area contributed by atoms with E-state index < -0.39 is 0 Å². The molecule has 0 N–H and O–H groups in total. The summed E-state index contributed by atoms with van der Waals surface area (Å²) in [6, 6.07) is 0. The van der Waals surface area contributed by atoms with E-state index in [4.69, 9.17) is 6.42 Å². The van der Waals surface area contributed by atoms with Crippen LogP contribution in [0, 0.1) is 23.7 Å². The Morgan fingerprint density at radius 2 is 2.07 bits per heavy atom. The van der Waals surface area contributed by atoms with Crippen molar-refractivity contribution in [1.82, 2.24) is 0 Å². The van der Waals surface area contributed by atoms with Gasteiger partial charge in [0.25, 0.3) is 0 Å². The summed E-state index contributed by atoms with van der Waals surface area (Å²) in [7, 11) is 0. The third kappa shape index (κ3) is 2.10. The monoisotopic (exact) mass is 188 g/mol. The Hall–Kier alpha value is -0.960. The average molecular weight is 188 g/mol. The van der Waals surface area contributed by atoms with Crippen molar-refractivity contribution in [2.75, 3.05) is 0 Å². The van der Waals surface area contributed by atoms with Crippen LogP contribution in [0.5, 0.6) is 0 Å². The van der Waals surface area contributed by atoms with E-state index in [1.165, 1.54) is 17.6 Å². The molecule has 0 saturated carbocycles. The number of hydrogen-bond acceptors (Lipinski definition) is 0. The molecular weight excluding hydrogens is 168 g/mol. The molecule has 1 rings (SSSR count). The molecule has 0 heterocycles. The Morgan fingerprint density at radius 1 is 1.43 bits per heavy atom. The van der Waals surface area contributed by atoms with Crippen molar-refractivity contribution in [3.8, 4) is 12.3 Å². The van der Waals surface area contributed by atoms with Crippen LogP contribution in [-0.2, 0) is 0 Å². The summed E-state index contributed by atoms with van der Waals surface area (Å²) in [5, 5.41) is 0. The smallest absolute Gasteiger partial charge is 0.00527 e. The molecule has 0 bridgehead atoms. The molecular formula is C14H20. The minimum absolute atomic E-state index is 0.327. The van der Waals surface area contributed by atoms with E-state index in [1.807, 2.05) is 0 Å². The van der Waals surface area contributed by atoms with Crippen molar-refractivity contribution < 1.29 is 0 Å². The molecule has 0 aromatic heterocycles. The van der Waals surface area contributed by atoms with E-state index in [0.717, 1.165) is 6.42 Å². The van der Waals surface area contributed by atoms with Crippen molar-refractivity contribution in [1.29, 1.82) is 0 Å². The van der Waals surface area contributed by atoms with Crippen LogP contribution >= 0.6 is 0 Å². The molecule has 0 spiro atoms. The first-order valence-electron chi connectivity index (χ1n) is 5.33. The third-order valence-electron chi connectivity index (χ3n) is 2.97. The van der Waals surface area contributed by atoms with Crippen LogP contribution in [0.2, 0.25) is 0 Å².